The van der Waals surface area contributed by atoms with E-state index in [0.29, 0.717) is 19.3 Å². The van der Waals surface area contributed by atoms with Crippen LogP contribution in [0, 0.1) is 17.8 Å². The number of rotatable bonds is 28. The number of unbranched alkanes of at least 4 members (excludes halogenated alkanes) is 12. The molecule has 8 heteroatoms. The zero-order chi connectivity index (χ0) is 33.3. The van der Waals surface area contributed by atoms with Gasteiger partial charge in [-0.15, -0.1) is 0 Å². The molecule has 0 unspecified atom stereocenters. The largest absolute Gasteiger partial charge is 0.463 e. The number of esters is 2. The van der Waals surface area contributed by atoms with E-state index < -0.39 is 18.3 Å². The molecular formula is C37H66O8. The number of aliphatic hydroxyl groups excluding tert-OH is 3. The van der Waals surface area contributed by atoms with Crippen molar-refractivity contribution in [3.8, 4) is 0 Å². The maximum Gasteiger partial charge on any atom is 0.305 e. The van der Waals surface area contributed by atoms with Gasteiger partial charge >= 0.3 is 11.9 Å². The zero-order valence-electron chi connectivity index (χ0n) is 28.8. The lowest BCUT2D eigenvalue weighted by molar-refractivity contribution is -0.152. The Kier molecular flexibility index (Phi) is 24.1. The van der Waals surface area contributed by atoms with Gasteiger partial charge in [0, 0.05) is 25.2 Å². The molecule has 8 nitrogen and oxygen atoms in total. The van der Waals surface area contributed by atoms with E-state index in [4.69, 9.17) is 9.47 Å². The number of carbonyl (C=O) groups is 3. The molecule has 0 aromatic carbocycles. The maximum absolute atomic E-state index is 12.4. The van der Waals surface area contributed by atoms with Crippen LogP contribution in [-0.4, -0.2) is 64.6 Å². The minimum atomic E-state index is -1.03. The first-order valence-electron chi connectivity index (χ1n) is 18.2. The highest BCUT2D eigenvalue weighted by atomic mass is 16.6. The van der Waals surface area contributed by atoms with Crippen LogP contribution in [0.15, 0.2) is 12.2 Å². The first-order valence-corrected chi connectivity index (χ1v) is 18.2. The second kappa shape index (κ2) is 26.3. The van der Waals surface area contributed by atoms with Gasteiger partial charge in [0.2, 0.25) is 0 Å². The fraction of sp³-hybridized carbons (Fsp3) is 0.865. The molecule has 0 amide bonds. The van der Waals surface area contributed by atoms with E-state index >= 15 is 0 Å². The van der Waals surface area contributed by atoms with Gasteiger partial charge in [0.25, 0.3) is 0 Å². The van der Waals surface area contributed by atoms with Crippen LogP contribution in [0.2, 0.25) is 0 Å². The van der Waals surface area contributed by atoms with Gasteiger partial charge in [-0.3, -0.25) is 14.4 Å². The first-order chi connectivity index (χ1) is 21.6. The molecule has 1 aliphatic rings. The summed E-state index contributed by atoms with van der Waals surface area (Å²) >= 11 is 0. The molecule has 1 fully saturated rings. The van der Waals surface area contributed by atoms with E-state index in [9.17, 15) is 29.7 Å². The van der Waals surface area contributed by atoms with Crippen LogP contribution in [0.3, 0.4) is 0 Å². The molecule has 1 rings (SSSR count). The molecule has 1 aliphatic carbocycles. The quantitative estimate of drug-likeness (QED) is 0.0459. The van der Waals surface area contributed by atoms with Crippen molar-refractivity contribution in [1.82, 2.24) is 0 Å². The molecular weight excluding hydrogens is 572 g/mol. The van der Waals surface area contributed by atoms with E-state index in [1.165, 1.54) is 38.5 Å². The fourth-order valence-electron chi connectivity index (χ4n) is 6.00. The first kappa shape index (κ1) is 41.3. The third kappa shape index (κ3) is 21.6. The molecule has 0 radical (unpaired) electrons. The van der Waals surface area contributed by atoms with Crippen LogP contribution < -0.4 is 0 Å². The van der Waals surface area contributed by atoms with E-state index in [2.05, 4.69) is 20.8 Å². The number of allylic oxidation sites excluding steroid dienone is 1. The molecule has 45 heavy (non-hydrogen) atoms. The molecule has 3 N–H and O–H groups in total. The summed E-state index contributed by atoms with van der Waals surface area (Å²) in [6.45, 7) is 6.28. The summed E-state index contributed by atoms with van der Waals surface area (Å²) in [5.74, 6) is -0.363. The summed E-state index contributed by atoms with van der Waals surface area (Å²) in [6, 6.07) is 0. The van der Waals surface area contributed by atoms with Gasteiger partial charge in [0.05, 0.1) is 12.2 Å². The van der Waals surface area contributed by atoms with Crippen LogP contribution in [-0.2, 0) is 23.9 Å². The van der Waals surface area contributed by atoms with Crippen molar-refractivity contribution in [3.63, 3.8) is 0 Å². The van der Waals surface area contributed by atoms with Gasteiger partial charge in [-0.05, 0) is 37.5 Å². The number of hydrogen-bond donors (Lipinski definition) is 3. The normalized spacial score (nSPS) is 19.8. The van der Waals surface area contributed by atoms with Crippen molar-refractivity contribution in [1.29, 1.82) is 0 Å². The Morgan fingerprint density at radius 2 is 1.29 bits per heavy atom. The second-order valence-corrected chi connectivity index (χ2v) is 13.6. The SMILES string of the molecule is CCCCC[C@H](O)/C=C/[C@H]1C(=O)C[C@H](O)[C@@H]1CCCCCCC(=O)OC[C@@H](O)COC(=O)CCCCCCCCCCC(C)C. The van der Waals surface area contributed by atoms with E-state index in [1.54, 1.807) is 12.2 Å². The second-order valence-electron chi connectivity index (χ2n) is 13.6. The number of Topliss-reactive ketones (excluding diaryl/α,β-unsaturated/α-hetero) is 1. The number of carbonyl (C=O) groups excluding carboxylic acids is 3. The third-order valence-electron chi connectivity index (χ3n) is 8.84. The fourth-order valence-corrected chi connectivity index (χ4v) is 6.00. The van der Waals surface area contributed by atoms with Gasteiger partial charge in [0.15, 0.2) is 0 Å². The van der Waals surface area contributed by atoms with Crippen molar-refractivity contribution in [2.75, 3.05) is 13.2 Å². The van der Waals surface area contributed by atoms with Crippen LogP contribution in [0.1, 0.15) is 156 Å². The van der Waals surface area contributed by atoms with Crippen LogP contribution >= 0.6 is 0 Å². The topological polar surface area (TPSA) is 130 Å². The van der Waals surface area contributed by atoms with E-state index in [-0.39, 0.29) is 55.6 Å². The summed E-state index contributed by atoms with van der Waals surface area (Å²) in [4.78, 5) is 36.4. The van der Waals surface area contributed by atoms with Crippen molar-refractivity contribution in [2.24, 2.45) is 17.8 Å². The molecule has 0 aliphatic heterocycles. The van der Waals surface area contributed by atoms with Gasteiger partial charge in [-0.1, -0.05) is 123 Å². The Balaban J connectivity index is 2.06. The average Bonchev–Trinajstić information content (AvgIpc) is 3.27. The maximum atomic E-state index is 12.4. The third-order valence-corrected chi connectivity index (χ3v) is 8.84. The van der Waals surface area contributed by atoms with Crippen LogP contribution in [0.25, 0.3) is 0 Å². The Morgan fingerprint density at radius 1 is 0.778 bits per heavy atom. The molecule has 0 aromatic rings. The molecule has 0 heterocycles. The van der Waals surface area contributed by atoms with Crippen molar-refractivity contribution >= 4 is 17.7 Å². The lowest BCUT2D eigenvalue weighted by atomic mass is 9.88. The van der Waals surface area contributed by atoms with Gasteiger partial charge in [-0.2, -0.15) is 0 Å². The number of hydrogen-bond acceptors (Lipinski definition) is 8. The van der Waals surface area contributed by atoms with Crippen molar-refractivity contribution in [2.45, 2.75) is 174 Å². The number of ketones is 1. The Bertz CT molecular complexity index is 810. The smallest absolute Gasteiger partial charge is 0.305 e. The Labute approximate surface area is 273 Å². The molecule has 262 valence electrons. The molecule has 0 bridgehead atoms. The summed E-state index contributed by atoms with van der Waals surface area (Å²) in [5, 5.41) is 30.6. The summed E-state index contributed by atoms with van der Waals surface area (Å²) < 4.78 is 10.3. The summed E-state index contributed by atoms with van der Waals surface area (Å²) in [6.07, 6.45) is 20.4. The van der Waals surface area contributed by atoms with Crippen molar-refractivity contribution < 1.29 is 39.2 Å². The lowest BCUT2D eigenvalue weighted by Gasteiger charge is -2.19. The molecule has 0 saturated heterocycles. The van der Waals surface area contributed by atoms with Gasteiger partial charge < -0.3 is 24.8 Å². The van der Waals surface area contributed by atoms with Crippen LogP contribution in [0.4, 0.5) is 0 Å². The summed E-state index contributed by atoms with van der Waals surface area (Å²) in [7, 11) is 0. The van der Waals surface area contributed by atoms with E-state index in [0.717, 1.165) is 70.1 Å². The highest BCUT2D eigenvalue weighted by molar-refractivity contribution is 5.86. The highest BCUT2D eigenvalue weighted by Gasteiger charge is 2.39. The van der Waals surface area contributed by atoms with Crippen LogP contribution in [0.5, 0.6) is 0 Å². The van der Waals surface area contributed by atoms with Gasteiger partial charge in [0.1, 0.15) is 25.1 Å². The number of ether oxygens (including phenoxy) is 2. The molecule has 5 atom stereocenters. The zero-order valence-corrected chi connectivity index (χ0v) is 28.8. The Hall–Kier alpha value is -1.77. The summed E-state index contributed by atoms with van der Waals surface area (Å²) in [5.41, 5.74) is 0. The predicted octanol–water partition coefficient (Wildman–Crippen LogP) is 7.39. The minimum absolute atomic E-state index is 0.0353. The minimum Gasteiger partial charge on any atom is -0.463 e. The standard InChI is InChI=1S/C37H66O8/c1-4-5-14-20-30(38)24-25-33-32(34(40)26-35(33)41)21-16-12-13-18-23-37(43)45-28-31(39)27-44-36(42)22-17-11-9-7-6-8-10-15-19-29(2)3/h24-25,29-34,38-40H,4-23,26-28H2,1-3H3/b25-24+/t30-,31-,32+,33+,34-/m0/s1. The molecule has 1 saturated carbocycles. The van der Waals surface area contributed by atoms with Crippen molar-refractivity contribution in [3.05, 3.63) is 12.2 Å². The predicted molar refractivity (Wildman–Crippen MR) is 179 cm³/mol. The lowest BCUT2D eigenvalue weighted by Crippen LogP contribution is -2.25. The Morgan fingerprint density at radius 3 is 1.84 bits per heavy atom. The molecule has 0 spiro atoms. The average molecular weight is 639 g/mol. The highest BCUT2D eigenvalue weighted by Crippen LogP contribution is 2.34. The van der Waals surface area contributed by atoms with E-state index in [1.807, 2.05) is 0 Å². The molecule has 0 aromatic heterocycles. The monoisotopic (exact) mass is 638 g/mol. The number of aliphatic hydroxyl groups is 3. The van der Waals surface area contributed by atoms with Gasteiger partial charge in [-0.25, -0.2) is 0 Å².